The third-order valence-electron chi connectivity index (χ3n) is 6.00. The molecule has 0 spiro atoms. The molecule has 1 aliphatic heterocycles. The van der Waals surface area contributed by atoms with Gasteiger partial charge in [0.15, 0.2) is 0 Å². The number of rotatable bonds is 7. The summed E-state index contributed by atoms with van der Waals surface area (Å²) in [6, 6.07) is 10.5. The number of nitrogens with one attached hydrogen (secondary N) is 2. The van der Waals surface area contributed by atoms with E-state index in [1.54, 1.807) is 18.2 Å². The van der Waals surface area contributed by atoms with Crippen molar-refractivity contribution in [2.45, 2.75) is 52.8 Å². The van der Waals surface area contributed by atoms with Gasteiger partial charge in [0.25, 0.3) is 5.91 Å². The van der Waals surface area contributed by atoms with Gasteiger partial charge in [-0.1, -0.05) is 39.0 Å². The fourth-order valence-electron chi connectivity index (χ4n) is 3.98. The van der Waals surface area contributed by atoms with Gasteiger partial charge in [-0.2, -0.15) is 13.2 Å². The molecule has 0 radical (unpaired) electrons. The van der Waals surface area contributed by atoms with E-state index in [2.05, 4.69) is 41.3 Å². The summed E-state index contributed by atoms with van der Waals surface area (Å²) in [4.78, 5) is 30.6. The summed E-state index contributed by atoms with van der Waals surface area (Å²) in [6.07, 6.45) is -2.09. The van der Waals surface area contributed by atoms with Crippen molar-refractivity contribution in [2.24, 2.45) is 11.3 Å². The van der Waals surface area contributed by atoms with Crippen molar-refractivity contribution >= 4 is 17.5 Å². The summed E-state index contributed by atoms with van der Waals surface area (Å²) >= 11 is 0. The second-order valence-corrected chi connectivity index (χ2v) is 10.2. The lowest BCUT2D eigenvalue weighted by molar-refractivity contribution is -0.141. The molecule has 3 rings (SSSR count). The molecule has 1 fully saturated rings. The van der Waals surface area contributed by atoms with Gasteiger partial charge in [-0.05, 0) is 67.6 Å². The Morgan fingerprint density at radius 2 is 1.74 bits per heavy atom. The molecule has 2 aromatic rings. The Morgan fingerprint density at radius 3 is 2.40 bits per heavy atom. The lowest BCUT2D eigenvalue weighted by Crippen LogP contribution is -2.40. The molecule has 9 heteroatoms. The van der Waals surface area contributed by atoms with Crippen LogP contribution in [0.15, 0.2) is 42.5 Å². The highest BCUT2D eigenvalue weighted by Gasteiger charge is 2.33. The molecule has 0 aliphatic carbocycles. The average Bonchev–Trinajstić information content (AvgIpc) is 2.78. The topological polar surface area (TPSA) is 74.3 Å². The highest BCUT2D eigenvalue weighted by molar-refractivity contribution is 6.02. The Labute approximate surface area is 204 Å². The maximum Gasteiger partial charge on any atom is 0.433 e. The van der Waals surface area contributed by atoms with Gasteiger partial charge in [0, 0.05) is 24.7 Å². The quantitative estimate of drug-likeness (QED) is 0.565. The van der Waals surface area contributed by atoms with Gasteiger partial charge in [-0.15, -0.1) is 0 Å². The summed E-state index contributed by atoms with van der Waals surface area (Å²) < 4.78 is 38.6. The van der Waals surface area contributed by atoms with E-state index in [-0.39, 0.29) is 22.9 Å². The lowest BCUT2D eigenvalue weighted by Gasteiger charge is -2.31. The number of carbonyl (C=O) groups excluding carboxylic acids is 2. The number of piperidine rings is 1. The zero-order valence-electron chi connectivity index (χ0n) is 20.4. The van der Waals surface area contributed by atoms with Crippen LogP contribution in [0.25, 0.3) is 0 Å². The number of hydrogen-bond donors (Lipinski definition) is 2. The van der Waals surface area contributed by atoms with E-state index in [0.717, 1.165) is 50.0 Å². The number of halogens is 3. The maximum atomic E-state index is 12.9. The first kappa shape index (κ1) is 26.7. The second-order valence-electron chi connectivity index (χ2n) is 10.2. The standard InChI is InChI=1S/C26H33F3N4O2/c1-25(2,3)12-13-30-23(34)19-10-14-33(15-11-19)17-18-6-4-7-20(16-18)31-24(35)21-8-5-9-22(32-21)26(27,28)29/h4-9,16,19H,10-15,17H2,1-3H3,(H,30,34)(H,31,35). The number of likely N-dealkylation sites (tertiary alicyclic amines) is 1. The zero-order chi connectivity index (χ0) is 25.6. The number of pyridine rings is 1. The van der Waals surface area contributed by atoms with E-state index >= 15 is 0 Å². The number of hydrogen-bond acceptors (Lipinski definition) is 4. The van der Waals surface area contributed by atoms with Crippen LogP contribution < -0.4 is 10.6 Å². The molecule has 0 bridgehead atoms. The van der Waals surface area contributed by atoms with Gasteiger partial charge in [0.2, 0.25) is 5.91 Å². The number of benzene rings is 1. The molecule has 1 aromatic carbocycles. The van der Waals surface area contributed by atoms with Gasteiger partial charge in [0.05, 0.1) is 0 Å². The zero-order valence-corrected chi connectivity index (χ0v) is 20.4. The van der Waals surface area contributed by atoms with Gasteiger partial charge in [-0.3, -0.25) is 14.5 Å². The van der Waals surface area contributed by atoms with Crippen molar-refractivity contribution < 1.29 is 22.8 Å². The third kappa shape index (κ3) is 8.35. The van der Waals surface area contributed by atoms with Crippen molar-refractivity contribution in [3.8, 4) is 0 Å². The highest BCUT2D eigenvalue weighted by atomic mass is 19.4. The van der Waals surface area contributed by atoms with Crippen molar-refractivity contribution in [2.75, 3.05) is 25.0 Å². The van der Waals surface area contributed by atoms with Crippen LogP contribution >= 0.6 is 0 Å². The van der Waals surface area contributed by atoms with Crippen LogP contribution in [0.4, 0.5) is 18.9 Å². The Kier molecular flexibility index (Phi) is 8.53. The molecule has 2 heterocycles. The van der Waals surface area contributed by atoms with Crippen LogP contribution in [0.3, 0.4) is 0 Å². The molecular formula is C26H33F3N4O2. The summed E-state index contributed by atoms with van der Waals surface area (Å²) in [5, 5.41) is 5.69. The van der Waals surface area contributed by atoms with E-state index in [0.29, 0.717) is 18.8 Å². The summed E-state index contributed by atoms with van der Waals surface area (Å²) in [5.74, 6) is -0.551. The number of amides is 2. The molecule has 0 saturated carbocycles. The summed E-state index contributed by atoms with van der Waals surface area (Å²) in [7, 11) is 0. The Morgan fingerprint density at radius 1 is 1.06 bits per heavy atom. The number of anilines is 1. The first-order valence-electron chi connectivity index (χ1n) is 11.9. The minimum atomic E-state index is -4.61. The predicted molar refractivity (Wildman–Crippen MR) is 129 cm³/mol. The molecule has 2 N–H and O–H groups in total. The van der Waals surface area contributed by atoms with Crippen molar-refractivity contribution in [3.63, 3.8) is 0 Å². The fraction of sp³-hybridized carbons (Fsp3) is 0.500. The largest absolute Gasteiger partial charge is 0.433 e. The van der Waals surface area contributed by atoms with Crippen molar-refractivity contribution in [3.05, 3.63) is 59.4 Å². The van der Waals surface area contributed by atoms with Crippen molar-refractivity contribution in [1.82, 2.24) is 15.2 Å². The van der Waals surface area contributed by atoms with Gasteiger partial charge in [0.1, 0.15) is 11.4 Å². The van der Waals surface area contributed by atoms with Crippen molar-refractivity contribution in [1.29, 1.82) is 0 Å². The van der Waals surface area contributed by atoms with E-state index in [1.807, 2.05) is 6.07 Å². The molecule has 0 unspecified atom stereocenters. The molecule has 35 heavy (non-hydrogen) atoms. The van der Waals surface area contributed by atoms with Crippen LogP contribution in [0.1, 0.15) is 61.8 Å². The molecule has 190 valence electrons. The SMILES string of the molecule is CC(C)(C)CCNC(=O)C1CCN(Cc2cccc(NC(=O)c3cccc(C(F)(F)F)n3)c2)CC1. The van der Waals surface area contributed by atoms with Gasteiger partial charge < -0.3 is 10.6 Å². The smallest absolute Gasteiger partial charge is 0.356 e. The summed E-state index contributed by atoms with van der Waals surface area (Å²) in [5.41, 5.74) is 0.236. The lowest BCUT2D eigenvalue weighted by atomic mass is 9.92. The van der Waals surface area contributed by atoms with Crippen LogP contribution in [-0.4, -0.2) is 41.3 Å². The molecule has 1 aromatic heterocycles. The van der Waals surface area contributed by atoms with Gasteiger partial charge >= 0.3 is 6.18 Å². The van der Waals surface area contributed by atoms with E-state index in [4.69, 9.17) is 0 Å². The van der Waals surface area contributed by atoms with E-state index in [9.17, 15) is 22.8 Å². The maximum absolute atomic E-state index is 12.9. The Balaban J connectivity index is 1.50. The van der Waals surface area contributed by atoms with Crippen LogP contribution in [0.2, 0.25) is 0 Å². The minimum Gasteiger partial charge on any atom is -0.356 e. The monoisotopic (exact) mass is 490 g/mol. The third-order valence-corrected chi connectivity index (χ3v) is 6.00. The first-order chi connectivity index (χ1) is 16.4. The second kappa shape index (κ2) is 11.2. The number of nitrogens with zero attached hydrogens (tertiary/aromatic N) is 2. The molecule has 1 aliphatic rings. The minimum absolute atomic E-state index is 0.0248. The van der Waals surface area contributed by atoms with E-state index in [1.165, 1.54) is 6.07 Å². The fourth-order valence-corrected chi connectivity index (χ4v) is 3.98. The first-order valence-corrected chi connectivity index (χ1v) is 11.9. The average molecular weight is 491 g/mol. The highest BCUT2D eigenvalue weighted by Crippen LogP contribution is 2.27. The number of carbonyl (C=O) groups is 2. The molecule has 0 atom stereocenters. The molecule has 6 nitrogen and oxygen atoms in total. The Hall–Kier alpha value is -2.94. The normalized spacial score (nSPS) is 15.6. The Bertz CT molecular complexity index is 1030. The number of aromatic nitrogens is 1. The van der Waals surface area contributed by atoms with Crippen LogP contribution in [0.5, 0.6) is 0 Å². The molecular weight excluding hydrogens is 457 g/mol. The molecule has 1 saturated heterocycles. The predicted octanol–water partition coefficient (Wildman–Crippen LogP) is 5.12. The number of alkyl halides is 3. The summed E-state index contributed by atoms with van der Waals surface area (Å²) in [6.45, 7) is 9.39. The van der Waals surface area contributed by atoms with E-state index < -0.39 is 17.8 Å². The van der Waals surface area contributed by atoms with Crippen LogP contribution in [-0.2, 0) is 17.5 Å². The molecule has 2 amide bonds. The van der Waals surface area contributed by atoms with Gasteiger partial charge in [-0.25, -0.2) is 4.98 Å². The van der Waals surface area contributed by atoms with Crippen LogP contribution in [0, 0.1) is 11.3 Å².